The molecule has 0 bridgehead atoms. The normalized spacial score (nSPS) is 20.9. The first kappa shape index (κ1) is 23.2. The third-order valence-electron chi connectivity index (χ3n) is 5.88. The van der Waals surface area contributed by atoms with Gasteiger partial charge in [0.1, 0.15) is 11.6 Å². The smallest absolute Gasteiger partial charge is 0.356 e. The fourth-order valence-corrected chi connectivity index (χ4v) is 4.19. The molecule has 9 nitrogen and oxygen atoms in total. The molecular weight excluding hydrogens is 440 g/mol. The number of nitrogens with one attached hydrogen (secondary N) is 2. The van der Waals surface area contributed by atoms with E-state index in [4.69, 9.17) is 18.9 Å². The predicted octanol–water partition coefficient (Wildman–Crippen LogP) is 2.81. The van der Waals surface area contributed by atoms with Gasteiger partial charge in [-0.15, -0.1) is 0 Å². The third-order valence-corrected chi connectivity index (χ3v) is 5.88. The molecule has 9 heteroatoms. The second-order valence-electron chi connectivity index (χ2n) is 7.90. The first-order chi connectivity index (χ1) is 16.4. The van der Waals surface area contributed by atoms with E-state index in [1.165, 1.54) is 13.2 Å². The van der Waals surface area contributed by atoms with Crippen molar-refractivity contribution in [2.24, 2.45) is 5.92 Å². The second kappa shape index (κ2) is 9.46. The topological polar surface area (TPSA) is 112 Å². The Labute approximate surface area is 197 Å². The third kappa shape index (κ3) is 4.28. The fourth-order valence-electron chi connectivity index (χ4n) is 4.19. The SMILES string of the molecule is CCOC(=O)C1C=C(NC(=O)c2ccccc2)C(=O)OC12CCc1cc(OC)c(OC)cc1N2. The van der Waals surface area contributed by atoms with Gasteiger partial charge in [0.15, 0.2) is 11.5 Å². The van der Waals surface area contributed by atoms with Gasteiger partial charge >= 0.3 is 11.9 Å². The van der Waals surface area contributed by atoms with Crippen molar-refractivity contribution in [2.75, 3.05) is 26.1 Å². The first-order valence-corrected chi connectivity index (χ1v) is 10.9. The number of ether oxygens (including phenoxy) is 4. The van der Waals surface area contributed by atoms with Gasteiger partial charge in [-0.25, -0.2) is 4.79 Å². The van der Waals surface area contributed by atoms with Gasteiger partial charge < -0.3 is 29.6 Å². The van der Waals surface area contributed by atoms with E-state index in [0.717, 1.165) is 5.56 Å². The number of anilines is 1. The molecule has 2 aromatic carbocycles. The molecule has 1 amide bonds. The molecule has 0 aliphatic carbocycles. The summed E-state index contributed by atoms with van der Waals surface area (Å²) < 4.78 is 21.9. The van der Waals surface area contributed by atoms with Crippen molar-refractivity contribution >= 4 is 23.5 Å². The molecule has 0 aromatic heterocycles. The van der Waals surface area contributed by atoms with Crippen molar-refractivity contribution in [3.05, 3.63) is 65.4 Å². The lowest BCUT2D eigenvalue weighted by Crippen LogP contribution is -2.57. The number of hydrogen-bond donors (Lipinski definition) is 2. The highest BCUT2D eigenvalue weighted by Crippen LogP contribution is 2.44. The second-order valence-corrected chi connectivity index (χ2v) is 7.90. The molecule has 178 valence electrons. The number of amides is 1. The molecule has 0 saturated heterocycles. The minimum absolute atomic E-state index is 0.113. The van der Waals surface area contributed by atoms with E-state index < -0.39 is 29.5 Å². The Bertz CT molecular complexity index is 1150. The molecule has 2 atom stereocenters. The molecule has 4 rings (SSSR count). The number of fused-ring (bicyclic) bond motifs is 1. The van der Waals surface area contributed by atoms with Crippen LogP contribution in [-0.2, 0) is 25.5 Å². The van der Waals surface area contributed by atoms with Crippen LogP contribution in [0.15, 0.2) is 54.2 Å². The van der Waals surface area contributed by atoms with Gasteiger partial charge in [0.05, 0.1) is 20.8 Å². The van der Waals surface area contributed by atoms with Crippen LogP contribution in [-0.4, -0.2) is 44.4 Å². The maximum Gasteiger partial charge on any atom is 0.356 e. The Morgan fingerprint density at radius 3 is 2.53 bits per heavy atom. The van der Waals surface area contributed by atoms with Crippen LogP contribution in [0.4, 0.5) is 5.69 Å². The van der Waals surface area contributed by atoms with Crippen LogP contribution in [0.1, 0.15) is 29.3 Å². The summed E-state index contributed by atoms with van der Waals surface area (Å²) in [6.07, 6.45) is 2.22. The number of hydrogen-bond acceptors (Lipinski definition) is 8. The van der Waals surface area contributed by atoms with Crippen LogP contribution < -0.4 is 20.1 Å². The molecule has 2 unspecified atom stereocenters. The van der Waals surface area contributed by atoms with Crippen molar-refractivity contribution in [3.63, 3.8) is 0 Å². The number of methoxy groups -OCH3 is 2. The molecule has 1 spiro atoms. The van der Waals surface area contributed by atoms with Crippen molar-refractivity contribution in [1.29, 1.82) is 0 Å². The first-order valence-electron chi connectivity index (χ1n) is 10.9. The largest absolute Gasteiger partial charge is 0.493 e. The Balaban J connectivity index is 1.68. The number of carbonyl (C=O) groups is 3. The highest BCUT2D eigenvalue weighted by Gasteiger charge is 2.52. The van der Waals surface area contributed by atoms with Gasteiger partial charge in [0.25, 0.3) is 5.91 Å². The molecule has 2 aliphatic heterocycles. The van der Waals surface area contributed by atoms with Gasteiger partial charge in [-0.1, -0.05) is 18.2 Å². The quantitative estimate of drug-likeness (QED) is 0.625. The molecule has 0 saturated carbocycles. The summed E-state index contributed by atoms with van der Waals surface area (Å²) in [5.74, 6) is -1.72. The van der Waals surface area contributed by atoms with E-state index in [1.54, 1.807) is 50.4 Å². The van der Waals surface area contributed by atoms with Crippen LogP contribution in [0.25, 0.3) is 0 Å². The maximum absolute atomic E-state index is 13.0. The summed E-state index contributed by atoms with van der Waals surface area (Å²) in [6, 6.07) is 12.0. The van der Waals surface area contributed by atoms with Gasteiger partial charge in [-0.05, 0) is 43.2 Å². The van der Waals surface area contributed by atoms with Crippen molar-refractivity contribution in [3.8, 4) is 11.5 Å². The van der Waals surface area contributed by atoms with Crippen LogP contribution in [0, 0.1) is 5.92 Å². The van der Waals surface area contributed by atoms with Crippen LogP contribution in [0.3, 0.4) is 0 Å². The van der Waals surface area contributed by atoms with E-state index in [-0.39, 0.29) is 12.3 Å². The summed E-state index contributed by atoms with van der Waals surface area (Å²) in [5.41, 5.74) is 0.453. The summed E-state index contributed by atoms with van der Waals surface area (Å²) in [6.45, 7) is 1.85. The van der Waals surface area contributed by atoms with Gasteiger partial charge in [0.2, 0.25) is 5.72 Å². The summed E-state index contributed by atoms with van der Waals surface area (Å²) in [7, 11) is 3.08. The Hall–Kier alpha value is -4.01. The maximum atomic E-state index is 13.0. The Morgan fingerprint density at radius 1 is 1.15 bits per heavy atom. The molecule has 2 aliphatic rings. The zero-order valence-corrected chi connectivity index (χ0v) is 19.2. The zero-order valence-electron chi connectivity index (χ0n) is 19.2. The molecule has 0 radical (unpaired) electrons. The average Bonchev–Trinajstić information content (AvgIpc) is 2.85. The van der Waals surface area contributed by atoms with Crippen LogP contribution >= 0.6 is 0 Å². The Morgan fingerprint density at radius 2 is 1.85 bits per heavy atom. The summed E-state index contributed by atoms with van der Waals surface area (Å²) >= 11 is 0. The van der Waals surface area contributed by atoms with E-state index in [1.807, 2.05) is 6.07 Å². The molecule has 34 heavy (non-hydrogen) atoms. The van der Waals surface area contributed by atoms with E-state index >= 15 is 0 Å². The van der Waals surface area contributed by atoms with Gasteiger partial charge in [0, 0.05) is 23.7 Å². The lowest BCUT2D eigenvalue weighted by molar-refractivity contribution is -0.170. The van der Waals surface area contributed by atoms with Gasteiger partial charge in [-0.3, -0.25) is 9.59 Å². The lowest BCUT2D eigenvalue weighted by atomic mass is 9.83. The molecule has 2 aromatic rings. The molecule has 0 fully saturated rings. The highest BCUT2D eigenvalue weighted by atomic mass is 16.6. The predicted molar refractivity (Wildman–Crippen MR) is 122 cm³/mol. The number of benzene rings is 2. The molecule has 2 N–H and O–H groups in total. The zero-order chi connectivity index (χ0) is 24.3. The number of aryl methyl sites for hydroxylation is 1. The highest BCUT2D eigenvalue weighted by molar-refractivity contribution is 6.02. The van der Waals surface area contributed by atoms with Crippen LogP contribution in [0.2, 0.25) is 0 Å². The average molecular weight is 466 g/mol. The monoisotopic (exact) mass is 466 g/mol. The van der Waals surface area contributed by atoms with E-state index in [2.05, 4.69) is 10.6 Å². The Kier molecular flexibility index (Phi) is 6.45. The van der Waals surface area contributed by atoms with E-state index in [9.17, 15) is 14.4 Å². The van der Waals surface area contributed by atoms with Crippen LogP contribution in [0.5, 0.6) is 11.5 Å². The standard InChI is InChI=1S/C25H26N2O7/c1-4-33-23(29)17-13-19(26-22(28)15-8-6-5-7-9-15)24(30)34-25(17)11-10-16-12-20(31-2)21(32-3)14-18(16)27-25/h5-9,12-14,17,27H,4,10-11H2,1-3H3,(H,26,28). The van der Waals surface area contributed by atoms with E-state index in [0.29, 0.717) is 35.6 Å². The minimum atomic E-state index is -1.38. The number of carbonyl (C=O) groups excluding carboxylic acids is 3. The molecular formula is C25H26N2O7. The summed E-state index contributed by atoms with van der Waals surface area (Å²) in [4.78, 5) is 38.5. The van der Waals surface area contributed by atoms with Gasteiger partial charge in [-0.2, -0.15) is 0 Å². The minimum Gasteiger partial charge on any atom is -0.493 e. The van der Waals surface area contributed by atoms with Crippen molar-refractivity contribution in [1.82, 2.24) is 5.32 Å². The molecule has 2 heterocycles. The van der Waals surface area contributed by atoms with Crippen molar-refractivity contribution in [2.45, 2.75) is 25.5 Å². The summed E-state index contributed by atoms with van der Waals surface area (Å²) in [5, 5.41) is 5.79. The number of esters is 2. The fraction of sp³-hybridized carbons (Fsp3) is 0.320. The lowest BCUT2D eigenvalue weighted by Gasteiger charge is -2.44. The van der Waals surface area contributed by atoms with Crippen molar-refractivity contribution < 1.29 is 33.3 Å². The number of rotatable bonds is 6.